The third kappa shape index (κ3) is 4.05. The van der Waals surface area contributed by atoms with Crippen LogP contribution in [0.4, 0.5) is 0 Å². The highest BCUT2D eigenvalue weighted by Gasteiger charge is 2.62. The molecule has 4 unspecified atom stereocenters. The van der Waals surface area contributed by atoms with E-state index in [1.165, 1.54) is 39.7 Å². The average molecular weight is 434 g/mol. The van der Waals surface area contributed by atoms with Crippen molar-refractivity contribution in [2.45, 2.75) is 104 Å². The molecule has 0 aliphatic heterocycles. The van der Waals surface area contributed by atoms with Crippen LogP contribution in [-0.4, -0.2) is 31.2 Å². The lowest BCUT2D eigenvalue weighted by Gasteiger charge is -2.62. The number of fused-ring (bicyclic) bond motifs is 5. The van der Waals surface area contributed by atoms with Crippen LogP contribution in [0.2, 0.25) is 0 Å². The Bertz CT molecular complexity index is 695. The zero-order valence-corrected chi connectivity index (χ0v) is 20.0. The minimum absolute atomic E-state index is 0.0823. The van der Waals surface area contributed by atoms with Crippen molar-refractivity contribution in [3.63, 3.8) is 0 Å². The highest BCUT2D eigenvalue weighted by atomic mass is 16.5. The number of carbonyl (C=O) groups excluding carboxylic acids is 2. The van der Waals surface area contributed by atoms with E-state index in [2.05, 4.69) is 13.8 Å². The SMILES string of the molecule is COC(=O)CCC[C@H]1CCC2C3C(CC[C@@]21C)[C@@]1(C)CC[C@@H](OC(C)=O)CC1C[C@@H]3N. The fraction of sp³-hybridized carbons (Fsp3) is 0.923. The van der Waals surface area contributed by atoms with Gasteiger partial charge in [0.25, 0.3) is 0 Å². The van der Waals surface area contributed by atoms with E-state index in [0.29, 0.717) is 46.8 Å². The summed E-state index contributed by atoms with van der Waals surface area (Å²) in [5.41, 5.74) is 7.65. The van der Waals surface area contributed by atoms with Crippen LogP contribution < -0.4 is 5.73 Å². The van der Waals surface area contributed by atoms with Gasteiger partial charge in [0, 0.05) is 19.4 Å². The van der Waals surface area contributed by atoms with Crippen molar-refractivity contribution in [2.24, 2.45) is 46.2 Å². The summed E-state index contributed by atoms with van der Waals surface area (Å²) in [6.07, 6.45) is 12.1. The van der Waals surface area contributed by atoms with Crippen LogP contribution >= 0.6 is 0 Å². The molecule has 31 heavy (non-hydrogen) atoms. The second kappa shape index (κ2) is 8.68. The maximum atomic E-state index is 11.6. The van der Waals surface area contributed by atoms with Crippen molar-refractivity contribution < 1.29 is 19.1 Å². The first kappa shape index (κ1) is 23.1. The summed E-state index contributed by atoms with van der Waals surface area (Å²) >= 11 is 0. The molecule has 4 aliphatic carbocycles. The Morgan fingerprint density at radius 1 is 1.00 bits per heavy atom. The molecule has 0 spiro atoms. The Balaban J connectivity index is 1.47. The second-order valence-corrected chi connectivity index (χ2v) is 11.7. The molecule has 4 aliphatic rings. The van der Waals surface area contributed by atoms with Crippen molar-refractivity contribution in [3.8, 4) is 0 Å². The van der Waals surface area contributed by atoms with Gasteiger partial charge in [0.2, 0.25) is 0 Å². The van der Waals surface area contributed by atoms with Gasteiger partial charge < -0.3 is 15.2 Å². The largest absolute Gasteiger partial charge is 0.469 e. The zero-order chi connectivity index (χ0) is 22.4. The minimum atomic E-state index is -0.149. The van der Waals surface area contributed by atoms with E-state index in [-0.39, 0.29) is 24.1 Å². The fourth-order valence-corrected chi connectivity index (χ4v) is 8.80. The van der Waals surface area contributed by atoms with Crippen LogP contribution in [0.5, 0.6) is 0 Å². The van der Waals surface area contributed by atoms with Gasteiger partial charge in [-0.05, 0) is 105 Å². The number of hydrogen-bond acceptors (Lipinski definition) is 5. The van der Waals surface area contributed by atoms with E-state index in [1.54, 1.807) is 0 Å². The quantitative estimate of drug-likeness (QED) is 0.627. The smallest absolute Gasteiger partial charge is 0.305 e. The zero-order valence-electron chi connectivity index (χ0n) is 20.0. The van der Waals surface area contributed by atoms with Crippen LogP contribution in [0.25, 0.3) is 0 Å². The summed E-state index contributed by atoms with van der Waals surface area (Å²) in [6, 6.07) is 0.262. The van der Waals surface area contributed by atoms with E-state index >= 15 is 0 Å². The van der Waals surface area contributed by atoms with E-state index in [0.717, 1.165) is 38.5 Å². The summed E-state index contributed by atoms with van der Waals surface area (Å²) < 4.78 is 10.4. The van der Waals surface area contributed by atoms with Gasteiger partial charge in [0.1, 0.15) is 6.10 Å². The summed E-state index contributed by atoms with van der Waals surface area (Å²) in [7, 11) is 1.48. The number of hydrogen-bond donors (Lipinski definition) is 1. The molecular weight excluding hydrogens is 390 g/mol. The normalized spacial score (nSPS) is 46.4. The first-order valence-corrected chi connectivity index (χ1v) is 12.7. The number of rotatable bonds is 5. The Morgan fingerprint density at radius 3 is 2.42 bits per heavy atom. The van der Waals surface area contributed by atoms with Crippen LogP contribution in [0.15, 0.2) is 0 Å². The van der Waals surface area contributed by atoms with E-state index in [1.807, 2.05) is 0 Å². The van der Waals surface area contributed by atoms with Gasteiger partial charge in [-0.25, -0.2) is 0 Å². The van der Waals surface area contributed by atoms with E-state index in [9.17, 15) is 9.59 Å². The standard InChI is InChI=1S/C26H43NO4/c1-16(28)31-19-10-12-26(3)18(14-19)15-22(27)24-20-9-8-17(6-5-7-23(29)30-4)25(20,2)13-11-21(24)26/h17-22,24H,5-15,27H2,1-4H3/t17-,18?,19+,20?,21?,22-,24?,25+,26-/m0/s1. The molecule has 0 aromatic carbocycles. The molecule has 176 valence electrons. The van der Waals surface area contributed by atoms with Crippen molar-refractivity contribution in [1.29, 1.82) is 0 Å². The number of ether oxygens (including phenoxy) is 2. The van der Waals surface area contributed by atoms with Gasteiger partial charge in [-0.3, -0.25) is 9.59 Å². The van der Waals surface area contributed by atoms with Crippen molar-refractivity contribution >= 4 is 11.9 Å². The third-order valence-corrected chi connectivity index (χ3v) is 10.4. The van der Waals surface area contributed by atoms with Gasteiger partial charge in [0.05, 0.1) is 7.11 Å². The molecule has 4 fully saturated rings. The summed E-state index contributed by atoms with van der Waals surface area (Å²) in [5, 5.41) is 0. The molecule has 4 rings (SSSR count). The monoisotopic (exact) mass is 433 g/mol. The lowest BCUT2D eigenvalue weighted by Crippen LogP contribution is -2.60. The molecule has 5 nitrogen and oxygen atoms in total. The van der Waals surface area contributed by atoms with Gasteiger partial charge in [-0.1, -0.05) is 13.8 Å². The number of esters is 2. The van der Waals surface area contributed by atoms with Gasteiger partial charge in [-0.2, -0.15) is 0 Å². The number of carbonyl (C=O) groups is 2. The summed E-state index contributed by atoms with van der Waals surface area (Å²) in [6.45, 7) is 6.58. The molecule has 0 bridgehead atoms. The third-order valence-electron chi connectivity index (χ3n) is 10.4. The lowest BCUT2D eigenvalue weighted by atomic mass is 9.43. The summed E-state index contributed by atoms with van der Waals surface area (Å²) in [4.78, 5) is 23.1. The molecule has 5 heteroatoms. The maximum Gasteiger partial charge on any atom is 0.305 e. The molecule has 2 N–H and O–H groups in total. The minimum Gasteiger partial charge on any atom is -0.469 e. The predicted octanol–water partition coefficient (Wildman–Crippen LogP) is 4.86. The number of nitrogens with two attached hydrogens (primary N) is 1. The van der Waals surface area contributed by atoms with E-state index < -0.39 is 0 Å². The molecule has 9 atom stereocenters. The second-order valence-electron chi connectivity index (χ2n) is 11.7. The van der Waals surface area contributed by atoms with E-state index in [4.69, 9.17) is 15.2 Å². The highest BCUT2D eigenvalue weighted by molar-refractivity contribution is 5.69. The van der Waals surface area contributed by atoms with Crippen molar-refractivity contribution in [1.82, 2.24) is 0 Å². The molecule has 0 heterocycles. The average Bonchev–Trinajstić information content (AvgIpc) is 3.05. The molecular formula is C26H43NO4. The Kier molecular flexibility index (Phi) is 6.46. The lowest BCUT2D eigenvalue weighted by molar-refractivity contribution is -0.162. The Hall–Kier alpha value is -1.10. The first-order valence-electron chi connectivity index (χ1n) is 12.7. The molecule has 0 saturated heterocycles. The maximum absolute atomic E-state index is 11.6. The molecule has 0 aromatic heterocycles. The highest BCUT2D eigenvalue weighted by Crippen LogP contribution is 2.67. The van der Waals surface area contributed by atoms with Crippen LogP contribution in [0.3, 0.4) is 0 Å². The van der Waals surface area contributed by atoms with Crippen molar-refractivity contribution in [2.75, 3.05) is 7.11 Å². The molecule has 0 aromatic rings. The summed E-state index contributed by atoms with van der Waals surface area (Å²) in [5.74, 6) is 3.09. The fourth-order valence-electron chi connectivity index (χ4n) is 8.80. The van der Waals surface area contributed by atoms with Crippen LogP contribution in [0.1, 0.15) is 91.4 Å². The predicted molar refractivity (Wildman–Crippen MR) is 120 cm³/mol. The Labute approximate surface area is 188 Å². The molecule has 0 amide bonds. The first-order chi connectivity index (χ1) is 14.7. The van der Waals surface area contributed by atoms with Gasteiger partial charge in [0.15, 0.2) is 0 Å². The van der Waals surface area contributed by atoms with Crippen LogP contribution in [-0.2, 0) is 19.1 Å². The molecule has 0 radical (unpaired) electrons. The van der Waals surface area contributed by atoms with Crippen LogP contribution in [0, 0.1) is 40.4 Å². The molecule has 4 saturated carbocycles. The van der Waals surface area contributed by atoms with Gasteiger partial charge >= 0.3 is 11.9 Å². The van der Waals surface area contributed by atoms with Crippen molar-refractivity contribution in [3.05, 3.63) is 0 Å². The number of methoxy groups -OCH3 is 1. The Morgan fingerprint density at radius 2 is 1.71 bits per heavy atom. The van der Waals surface area contributed by atoms with Gasteiger partial charge in [-0.15, -0.1) is 0 Å². The topological polar surface area (TPSA) is 78.6 Å².